The minimum Gasteiger partial charge on any atom is -0.436 e. The number of rotatable bonds is 6. The number of hydrogen-bond acceptors (Lipinski definition) is 6. The van der Waals surface area contributed by atoms with Gasteiger partial charge < -0.3 is 14.6 Å². The van der Waals surface area contributed by atoms with Gasteiger partial charge in [0.1, 0.15) is 0 Å². The zero-order valence-electron chi connectivity index (χ0n) is 23.2. The average molecular weight is 594 g/mol. The summed E-state index contributed by atoms with van der Waals surface area (Å²) in [6.45, 7) is 2.81. The summed E-state index contributed by atoms with van der Waals surface area (Å²) >= 11 is 6.43. The van der Waals surface area contributed by atoms with E-state index in [1.165, 1.54) is 9.58 Å². The fourth-order valence-corrected chi connectivity index (χ4v) is 6.06. The summed E-state index contributed by atoms with van der Waals surface area (Å²) in [5, 5.41) is 2.31. The van der Waals surface area contributed by atoms with Crippen LogP contribution in [0.15, 0.2) is 71.5 Å². The molecule has 1 aliphatic heterocycles. The maximum atomic E-state index is 13.9. The van der Waals surface area contributed by atoms with Crippen molar-refractivity contribution >= 4 is 28.6 Å². The Morgan fingerprint density at radius 2 is 1.62 bits per heavy atom. The van der Waals surface area contributed by atoms with Crippen LogP contribution in [0.3, 0.4) is 0 Å². The number of amides is 1. The molecule has 6 rings (SSSR count). The van der Waals surface area contributed by atoms with Crippen LogP contribution >= 0.6 is 11.6 Å². The SMILES string of the molecule is C[C@@H](c1nc2cccc(Cl)c2c(=O)n1N1CCN(CC(F)F)CC1)N(C)C(=O)OC1c2ccccc2-c2ccccc21. The molecule has 1 amide bonds. The van der Waals surface area contributed by atoms with Crippen LogP contribution in [0, 0.1) is 0 Å². The predicted molar refractivity (Wildman–Crippen MR) is 158 cm³/mol. The number of fused-ring (bicyclic) bond motifs is 4. The molecule has 0 radical (unpaired) electrons. The van der Waals surface area contributed by atoms with Gasteiger partial charge in [0.05, 0.1) is 28.5 Å². The summed E-state index contributed by atoms with van der Waals surface area (Å²) < 4.78 is 33.5. The standard InChI is InChI=1S/C31H30ClF2N5O3/c1-19(36(2)31(41)42-28-22-10-5-3-8-20(22)21-9-4-6-11-23(21)28)29-35-25-13-7-12-24(32)27(25)30(40)39(29)38-16-14-37(15-17-38)18-26(33)34/h3-13,19,26,28H,14-18H2,1-2H3/t19-/m0/s1. The van der Waals surface area contributed by atoms with Crippen LogP contribution in [0.4, 0.5) is 13.6 Å². The molecule has 2 aliphatic rings. The Morgan fingerprint density at radius 1 is 1.00 bits per heavy atom. The van der Waals surface area contributed by atoms with Gasteiger partial charge in [0.2, 0.25) is 0 Å². The number of aromatic nitrogens is 2. The molecule has 0 saturated carbocycles. The maximum Gasteiger partial charge on any atom is 0.411 e. The number of carbonyl (C=O) groups excluding carboxylic acids is 1. The van der Waals surface area contributed by atoms with Crippen LogP contribution < -0.4 is 10.6 Å². The number of piperazine rings is 1. The van der Waals surface area contributed by atoms with Gasteiger partial charge in [-0.15, -0.1) is 0 Å². The smallest absolute Gasteiger partial charge is 0.411 e. The molecular weight excluding hydrogens is 564 g/mol. The number of hydrogen-bond donors (Lipinski definition) is 0. The summed E-state index contributed by atoms with van der Waals surface area (Å²) in [6, 6.07) is 20.0. The fraction of sp³-hybridized carbons (Fsp3) is 0.323. The predicted octanol–water partition coefficient (Wildman–Crippen LogP) is 5.47. The summed E-state index contributed by atoms with van der Waals surface area (Å²) in [5.41, 5.74) is 3.89. The van der Waals surface area contributed by atoms with Gasteiger partial charge in [0, 0.05) is 44.4 Å². The Kier molecular flexibility index (Phi) is 7.59. The Hall–Kier alpha value is -4.02. The summed E-state index contributed by atoms with van der Waals surface area (Å²) in [4.78, 5) is 35.4. The van der Waals surface area contributed by atoms with Crippen molar-refractivity contribution in [1.29, 1.82) is 0 Å². The zero-order valence-corrected chi connectivity index (χ0v) is 24.0. The van der Waals surface area contributed by atoms with Gasteiger partial charge >= 0.3 is 6.09 Å². The van der Waals surface area contributed by atoms with Crippen molar-refractivity contribution in [2.75, 3.05) is 44.8 Å². The highest BCUT2D eigenvalue weighted by Crippen LogP contribution is 2.45. The monoisotopic (exact) mass is 593 g/mol. The Bertz CT molecular complexity index is 1660. The van der Waals surface area contributed by atoms with E-state index in [4.69, 9.17) is 21.3 Å². The fourth-order valence-electron chi connectivity index (χ4n) is 5.81. The second kappa shape index (κ2) is 11.3. The van der Waals surface area contributed by atoms with E-state index >= 15 is 0 Å². The molecule has 4 aromatic rings. The van der Waals surface area contributed by atoms with Crippen LogP contribution in [0.5, 0.6) is 0 Å². The number of benzene rings is 3. The third-order valence-electron chi connectivity index (χ3n) is 8.12. The van der Waals surface area contributed by atoms with Crippen LogP contribution in [0.25, 0.3) is 22.0 Å². The van der Waals surface area contributed by atoms with Crippen molar-refractivity contribution < 1.29 is 18.3 Å². The van der Waals surface area contributed by atoms with E-state index in [0.717, 1.165) is 22.3 Å². The molecule has 1 saturated heterocycles. The molecule has 42 heavy (non-hydrogen) atoms. The average Bonchev–Trinajstić information content (AvgIpc) is 3.30. The van der Waals surface area contributed by atoms with Crippen molar-refractivity contribution in [3.8, 4) is 11.1 Å². The number of nitrogens with zero attached hydrogens (tertiary/aromatic N) is 5. The van der Waals surface area contributed by atoms with E-state index < -0.39 is 24.7 Å². The molecule has 0 bridgehead atoms. The van der Waals surface area contributed by atoms with Crippen LogP contribution in [0.2, 0.25) is 5.02 Å². The molecule has 3 aromatic carbocycles. The van der Waals surface area contributed by atoms with Gasteiger partial charge in [0.15, 0.2) is 11.9 Å². The molecule has 11 heteroatoms. The molecule has 8 nitrogen and oxygen atoms in total. The maximum absolute atomic E-state index is 13.9. The Balaban J connectivity index is 1.33. The van der Waals surface area contributed by atoms with E-state index in [9.17, 15) is 18.4 Å². The molecule has 1 aromatic heterocycles. The van der Waals surface area contributed by atoms with Crippen molar-refractivity contribution in [1.82, 2.24) is 19.5 Å². The molecule has 1 fully saturated rings. The summed E-state index contributed by atoms with van der Waals surface area (Å²) in [7, 11) is 1.61. The lowest BCUT2D eigenvalue weighted by atomic mass is 10.1. The van der Waals surface area contributed by atoms with Crippen LogP contribution in [-0.4, -0.2) is 71.8 Å². The highest BCUT2D eigenvalue weighted by molar-refractivity contribution is 6.35. The quantitative estimate of drug-likeness (QED) is 0.295. The molecule has 2 heterocycles. The topological polar surface area (TPSA) is 70.9 Å². The molecule has 0 N–H and O–H groups in total. The zero-order chi connectivity index (χ0) is 29.5. The van der Waals surface area contributed by atoms with Gasteiger partial charge in [-0.25, -0.2) is 23.2 Å². The van der Waals surface area contributed by atoms with Crippen LogP contribution in [-0.2, 0) is 4.74 Å². The number of halogens is 3. The third-order valence-corrected chi connectivity index (χ3v) is 8.43. The molecule has 1 atom stereocenters. The lowest BCUT2D eigenvalue weighted by Crippen LogP contribution is -2.56. The van der Waals surface area contributed by atoms with Crippen molar-refractivity contribution in [2.24, 2.45) is 0 Å². The molecule has 0 spiro atoms. The first-order valence-corrected chi connectivity index (χ1v) is 14.2. The van der Waals surface area contributed by atoms with E-state index in [1.54, 1.807) is 42.1 Å². The molecular formula is C31H30ClF2N5O3. The lowest BCUT2D eigenvalue weighted by Gasteiger charge is -2.38. The van der Waals surface area contributed by atoms with Crippen LogP contribution in [0.1, 0.15) is 36.0 Å². The lowest BCUT2D eigenvalue weighted by molar-refractivity contribution is 0.0737. The van der Waals surface area contributed by atoms with Crippen molar-refractivity contribution in [2.45, 2.75) is 25.5 Å². The first kappa shape index (κ1) is 28.1. The minimum atomic E-state index is -2.44. The number of carbonyl (C=O) groups is 1. The van der Waals surface area contributed by atoms with Gasteiger partial charge in [0.25, 0.3) is 12.0 Å². The number of ether oxygens (including phenoxy) is 1. The highest BCUT2D eigenvalue weighted by atomic mass is 35.5. The van der Waals surface area contributed by atoms with Gasteiger partial charge in [-0.2, -0.15) is 0 Å². The molecule has 218 valence electrons. The van der Waals surface area contributed by atoms with E-state index in [2.05, 4.69) is 0 Å². The first-order valence-electron chi connectivity index (χ1n) is 13.8. The van der Waals surface area contributed by atoms with E-state index in [0.29, 0.717) is 37.5 Å². The van der Waals surface area contributed by atoms with Gasteiger partial charge in [-0.3, -0.25) is 9.69 Å². The van der Waals surface area contributed by atoms with Gasteiger partial charge in [-0.05, 0) is 30.2 Å². The summed E-state index contributed by atoms with van der Waals surface area (Å²) in [6.07, 6.45) is -3.59. The summed E-state index contributed by atoms with van der Waals surface area (Å²) in [5.74, 6) is 0.323. The van der Waals surface area contributed by atoms with E-state index in [-0.39, 0.29) is 22.5 Å². The second-order valence-corrected chi connectivity index (χ2v) is 11.0. The number of alkyl halides is 2. The Labute approximate surface area is 246 Å². The minimum absolute atomic E-state index is 0.259. The molecule has 1 aliphatic carbocycles. The highest BCUT2D eigenvalue weighted by Gasteiger charge is 2.34. The second-order valence-electron chi connectivity index (χ2n) is 10.6. The third kappa shape index (κ3) is 4.98. The largest absolute Gasteiger partial charge is 0.436 e. The van der Waals surface area contributed by atoms with Crippen molar-refractivity contribution in [3.05, 3.63) is 99.1 Å². The van der Waals surface area contributed by atoms with Crippen molar-refractivity contribution in [3.63, 3.8) is 0 Å². The molecule has 0 unspecified atom stereocenters. The first-order chi connectivity index (χ1) is 20.2. The normalized spacial score (nSPS) is 16.0. The van der Waals surface area contributed by atoms with E-state index in [1.807, 2.05) is 48.5 Å². The Morgan fingerprint density at radius 3 is 2.24 bits per heavy atom. The van der Waals surface area contributed by atoms with Gasteiger partial charge in [-0.1, -0.05) is 66.2 Å².